The largest absolute Gasteiger partial charge is 0.454 e. The summed E-state index contributed by atoms with van der Waals surface area (Å²) >= 11 is 0. The van der Waals surface area contributed by atoms with Crippen LogP contribution in [0, 0.1) is 0 Å². The normalized spacial score (nSPS) is 16.6. The maximum Gasteiger partial charge on any atom is 0.338 e. The molecule has 0 N–H and O–H groups in total. The molecule has 1 aliphatic heterocycles. The number of aromatic nitrogens is 2. The van der Waals surface area contributed by atoms with E-state index in [-0.39, 0.29) is 17.5 Å². The first-order valence-corrected chi connectivity index (χ1v) is 13.3. The third kappa shape index (κ3) is 4.35. The zero-order valence-electron chi connectivity index (χ0n) is 19.3. The molecule has 1 aromatic heterocycles. The van der Waals surface area contributed by atoms with Gasteiger partial charge in [0.15, 0.2) is 0 Å². The summed E-state index contributed by atoms with van der Waals surface area (Å²) in [6.07, 6.45) is 4.05. The van der Waals surface area contributed by atoms with Gasteiger partial charge in [0, 0.05) is 19.6 Å². The molecule has 0 atom stereocenters. The molecule has 0 amide bonds. The Balaban J connectivity index is 1.39. The van der Waals surface area contributed by atoms with E-state index >= 15 is 0 Å². The number of imidazole rings is 1. The van der Waals surface area contributed by atoms with Crippen LogP contribution < -0.4 is 0 Å². The van der Waals surface area contributed by atoms with Gasteiger partial charge in [-0.3, -0.25) is 0 Å². The summed E-state index contributed by atoms with van der Waals surface area (Å²) < 4.78 is 40.5. The van der Waals surface area contributed by atoms with Crippen LogP contribution in [-0.2, 0) is 45.5 Å². The van der Waals surface area contributed by atoms with Crippen molar-refractivity contribution in [2.45, 2.75) is 50.7 Å². The van der Waals surface area contributed by atoms with Gasteiger partial charge in [0.05, 0.1) is 34.7 Å². The summed E-state index contributed by atoms with van der Waals surface area (Å²) in [6.45, 7) is 4.25. The molecule has 34 heavy (non-hydrogen) atoms. The number of morpholine rings is 1. The number of carbonyl (C=O) groups is 1. The number of rotatable bonds is 7. The van der Waals surface area contributed by atoms with E-state index in [4.69, 9.17) is 9.47 Å². The van der Waals surface area contributed by atoms with Crippen molar-refractivity contribution in [2.24, 2.45) is 0 Å². The van der Waals surface area contributed by atoms with Gasteiger partial charge in [-0.1, -0.05) is 13.0 Å². The van der Waals surface area contributed by atoms with Crippen LogP contribution in [0.2, 0.25) is 0 Å². The lowest BCUT2D eigenvalue weighted by Crippen LogP contribution is -2.40. The zero-order chi connectivity index (χ0) is 23.7. The molecule has 1 saturated heterocycles. The standard InChI is InChI=1S/C25H29N3O5S/c1-2-10-28-23-9-8-21(34(30,31)27-11-13-32-14-12-27)16-22(23)26-24(28)17-33-25(29)20-7-6-18-4-3-5-19(18)15-20/h6-9,15-16H,2-5,10-14,17H2,1H3. The van der Waals surface area contributed by atoms with Crippen molar-refractivity contribution in [3.63, 3.8) is 0 Å². The van der Waals surface area contributed by atoms with Crippen LogP contribution in [0.25, 0.3) is 11.0 Å². The van der Waals surface area contributed by atoms with Crippen molar-refractivity contribution in [3.8, 4) is 0 Å². The molecular formula is C25H29N3O5S. The molecule has 2 heterocycles. The summed E-state index contributed by atoms with van der Waals surface area (Å²) in [4.78, 5) is 17.6. The molecule has 2 aliphatic rings. The van der Waals surface area contributed by atoms with Crippen molar-refractivity contribution in [2.75, 3.05) is 26.3 Å². The third-order valence-electron chi connectivity index (χ3n) is 6.52. The highest BCUT2D eigenvalue weighted by Gasteiger charge is 2.27. The van der Waals surface area contributed by atoms with Crippen LogP contribution in [0.15, 0.2) is 41.3 Å². The van der Waals surface area contributed by atoms with Gasteiger partial charge in [-0.25, -0.2) is 18.2 Å². The minimum atomic E-state index is -3.62. The molecule has 0 spiro atoms. The van der Waals surface area contributed by atoms with Gasteiger partial charge in [-0.15, -0.1) is 0 Å². The summed E-state index contributed by atoms with van der Waals surface area (Å²) in [6, 6.07) is 10.8. The van der Waals surface area contributed by atoms with E-state index in [0.717, 1.165) is 31.2 Å². The Morgan fingerprint density at radius 3 is 2.68 bits per heavy atom. The fraction of sp³-hybridized carbons (Fsp3) is 0.440. The lowest BCUT2D eigenvalue weighted by atomic mass is 10.1. The zero-order valence-corrected chi connectivity index (χ0v) is 20.1. The van der Waals surface area contributed by atoms with Crippen LogP contribution in [0.4, 0.5) is 0 Å². The van der Waals surface area contributed by atoms with E-state index in [1.54, 1.807) is 18.2 Å². The molecule has 1 fully saturated rings. The number of ether oxygens (including phenoxy) is 2. The van der Waals surface area contributed by atoms with Crippen LogP contribution in [-0.4, -0.2) is 54.5 Å². The average Bonchev–Trinajstić information content (AvgIpc) is 3.47. The monoisotopic (exact) mass is 483 g/mol. The molecule has 8 nitrogen and oxygen atoms in total. The molecule has 180 valence electrons. The first-order chi connectivity index (χ1) is 16.5. The van der Waals surface area contributed by atoms with Gasteiger partial charge in [-0.05, 0) is 67.1 Å². The first-order valence-electron chi connectivity index (χ1n) is 11.8. The van der Waals surface area contributed by atoms with Crippen LogP contribution >= 0.6 is 0 Å². The van der Waals surface area contributed by atoms with Gasteiger partial charge < -0.3 is 14.0 Å². The number of hydrogen-bond acceptors (Lipinski definition) is 6. The fourth-order valence-electron chi connectivity index (χ4n) is 4.75. The molecule has 0 radical (unpaired) electrons. The van der Waals surface area contributed by atoms with E-state index in [9.17, 15) is 13.2 Å². The number of sulfonamides is 1. The second kappa shape index (κ2) is 9.48. The summed E-state index contributed by atoms with van der Waals surface area (Å²) in [7, 11) is -3.62. The maximum atomic E-state index is 13.1. The average molecular weight is 484 g/mol. The van der Waals surface area contributed by atoms with Crippen molar-refractivity contribution in [3.05, 3.63) is 58.9 Å². The van der Waals surface area contributed by atoms with Crippen molar-refractivity contribution < 1.29 is 22.7 Å². The van der Waals surface area contributed by atoms with Crippen LogP contribution in [0.5, 0.6) is 0 Å². The minimum Gasteiger partial charge on any atom is -0.454 e. The molecule has 9 heteroatoms. The van der Waals surface area contributed by atoms with Crippen LogP contribution in [0.3, 0.4) is 0 Å². The van der Waals surface area contributed by atoms with Gasteiger partial charge >= 0.3 is 5.97 Å². The van der Waals surface area contributed by atoms with Crippen molar-refractivity contribution >= 4 is 27.0 Å². The maximum absolute atomic E-state index is 13.1. The third-order valence-corrected chi connectivity index (χ3v) is 8.41. The molecule has 0 unspecified atom stereocenters. The predicted octanol–water partition coefficient (Wildman–Crippen LogP) is 3.31. The first kappa shape index (κ1) is 23.0. The van der Waals surface area contributed by atoms with E-state index in [1.807, 2.05) is 22.8 Å². The van der Waals surface area contributed by atoms with E-state index in [1.165, 1.54) is 15.4 Å². The highest BCUT2D eigenvalue weighted by atomic mass is 32.2. The quantitative estimate of drug-likeness (QED) is 0.479. The molecule has 0 bridgehead atoms. The van der Waals surface area contributed by atoms with Gasteiger partial charge in [0.25, 0.3) is 0 Å². The number of esters is 1. The lowest BCUT2D eigenvalue weighted by Gasteiger charge is -2.26. The second-order valence-corrected chi connectivity index (χ2v) is 10.7. The Morgan fingerprint density at radius 2 is 1.88 bits per heavy atom. The molecular weight excluding hydrogens is 454 g/mol. The Morgan fingerprint density at radius 1 is 1.09 bits per heavy atom. The van der Waals surface area contributed by atoms with E-state index < -0.39 is 10.0 Å². The summed E-state index contributed by atoms with van der Waals surface area (Å²) in [5.74, 6) is 0.229. The van der Waals surface area contributed by atoms with E-state index in [0.29, 0.717) is 49.8 Å². The molecule has 0 saturated carbocycles. The van der Waals surface area contributed by atoms with Gasteiger partial charge in [-0.2, -0.15) is 4.31 Å². The highest BCUT2D eigenvalue weighted by molar-refractivity contribution is 7.89. The van der Waals surface area contributed by atoms with Gasteiger partial charge in [0.2, 0.25) is 10.0 Å². The Hall–Kier alpha value is -2.75. The number of aryl methyl sites for hydroxylation is 3. The summed E-state index contributed by atoms with van der Waals surface area (Å²) in [5, 5.41) is 0. The topological polar surface area (TPSA) is 90.7 Å². The molecule has 1 aliphatic carbocycles. The number of nitrogens with zero attached hydrogens (tertiary/aromatic N) is 3. The Labute approximate surface area is 199 Å². The fourth-order valence-corrected chi connectivity index (χ4v) is 6.18. The summed E-state index contributed by atoms with van der Waals surface area (Å²) in [5.41, 5.74) is 4.49. The number of benzene rings is 2. The smallest absolute Gasteiger partial charge is 0.338 e. The Bertz CT molecular complexity index is 1330. The number of fused-ring (bicyclic) bond motifs is 2. The number of carbonyl (C=O) groups excluding carboxylic acids is 1. The van der Waals surface area contributed by atoms with E-state index in [2.05, 4.69) is 11.9 Å². The minimum absolute atomic E-state index is 0.0240. The number of hydrogen-bond donors (Lipinski definition) is 0. The second-order valence-electron chi connectivity index (χ2n) is 8.76. The Kier molecular flexibility index (Phi) is 6.42. The molecule has 3 aromatic rings. The van der Waals surface area contributed by atoms with Crippen molar-refractivity contribution in [1.29, 1.82) is 0 Å². The molecule has 5 rings (SSSR count). The van der Waals surface area contributed by atoms with Crippen LogP contribution in [0.1, 0.15) is 47.1 Å². The predicted molar refractivity (Wildman–Crippen MR) is 127 cm³/mol. The van der Waals surface area contributed by atoms with Gasteiger partial charge in [0.1, 0.15) is 12.4 Å². The van der Waals surface area contributed by atoms with Crippen molar-refractivity contribution in [1.82, 2.24) is 13.9 Å². The highest BCUT2D eigenvalue weighted by Crippen LogP contribution is 2.25. The SMILES string of the molecule is CCCn1c(COC(=O)c2ccc3c(c2)CCC3)nc2cc(S(=O)(=O)N3CCOCC3)ccc21. The molecule has 2 aromatic carbocycles. The lowest BCUT2D eigenvalue weighted by molar-refractivity contribution is 0.0458.